The fraction of sp³-hybridized carbons (Fsp3) is 0.533. The number of sulfonamides is 1. The van der Waals surface area contributed by atoms with E-state index in [2.05, 4.69) is 4.90 Å². The summed E-state index contributed by atoms with van der Waals surface area (Å²) in [7, 11) is -3.49. The summed E-state index contributed by atoms with van der Waals surface area (Å²) in [5.74, 6) is -0.556. The van der Waals surface area contributed by atoms with Gasteiger partial charge in [0, 0.05) is 24.7 Å². The van der Waals surface area contributed by atoms with Gasteiger partial charge in [0.2, 0.25) is 15.9 Å². The number of likely N-dealkylation sites (tertiary alicyclic amines) is 1. The summed E-state index contributed by atoms with van der Waals surface area (Å²) in [5, 5.41) is 0. The highest BCUT2D eigenvalue weighted by Gasteiger charge is 2.35. The molecule has 0 bridgehead atoms. The molecule has 2 aliphatic rings. The fourth-order valence-corrected chi connectivity index (χ4v) is 4.77. The van der Waals surface area contributed by atoms with Gasteiger partial charge in [0.05, 0.1) is 4.90 Å². The molecule has 120 valence electrons. The van der Waals surface area contributed by atoms with Crippen molar-refractivity contribution in [3.05, 3.63) is 29.8 Å². The molecule has 1 aromatic carbocycles. The van der Waals surface area contributed by atoms with Crippen molar-refractivity contribution in [2.24, 2.45) is 5.73 Å². The van der Waals surface area contributed by atoms with E-state index in [0.717, 1.165) is 19.5 Å². The largest absolute Gasteiger partial charge is 0.366 e. The zero-order valence-corrected chi connectivity index (χ0v) is 13.3. The van der Waals surface area contributed by atoms with E-state index in [1.54, 1.807) is 4.31 Å². The van der Waals surface area contributed by atoms with Gasteiger partial charge in [-0.2, -0.15) is 4.31 Å². The molecule has 1 amide bonds. The Bertz CT molecular complexity index is 651. The molecule has 0 saturated carbocycles. The van der Waals surface area contributed by atoms with Gasteiger partial charge in [0.25, 0.3) is 0 Å². The second-order valence-corrected chi connectivity index (χ2v) is 7.88. The Morgan fingerprint density at radius 3 is 2.32 bits per heavy atom. The predicted molar refractivity (Wildman–Crippen MR) is 82.9 cm³/mol. The van der Waals surface area contributed by atoms with Crippen LogP contribution in [0, 0.1) is 0 Å². The smallest absolute Gasteiger partial charge is 0.248 e. The Kier molecular flexibility index (Phi) is 4.20. The van der Waals surface area contributed by atoms with E-state index in [-0.39, 0.29) is 4.90 Å². The van der Waals surface area contributed by atoms with Crippen LogP contribution in [0.1, 0.15) is 29.6 Å². The molecular weight excluding hydrogens is 302 g/mol. The Morgan fingerprint density at radius 2 is 1.73 bits per heavy atom. The fourth-order valence-electron chi connectivity index (χ4n) is 3.27. The van der Waals surface area contributed by atoms with Crippen molar-refractivity contribution in [3.63, 3.8) is 0 Å². The van der Waals surface area contributed by atoms with Crippen LogP contribution in [-0.2, 0) is 10.0 Å². The third-order valence-corrected chi connectivity index (χ3v) is 6.44. The number of hydrogen-bond acceptors (Lipinski definition) is 4. The molecule has 2 aliphatic heterocycles. The minimum absolute atomic E-state index is 0.222. The average molecular weight is 323 g/mol. The van der Waals surface area contributed by atoms with Crippen molar-refractivity contribution >= 4 is 15.9 Å². The van der Waals surface area contributed by atoms with Gasteiger partial charge in [-0.15, -0.1) is 0 Å². The van der Waals surface area contributed by atoms with Crippen LogP contribution in [0.25, 0.3) is 0 Å². The first-order valence-corrected chi connectivity index (χ1v) is 9.06. The predicted octanol–water partition coefficient (Wildman–Crippen LogP) is 0.644. The van der Waals surface area contributed by atoms with Crippen molar-refractivity contribution in [2.75, 3.05) is 26.2 Å². The molecule has 2 heterocycles. The summed E-state index contributed by atoms with van der Waals surface area (Å²) in [6.07, 6.45) is 3.30. The lowest BCUT2D eigenvalue weighted by Crippen LogP contribution is -2.37. The molecule has 1 atom stereocenters. The van der Waals surface area contributed by atoms with Crippen LogP contribution >= 0.6 is 0 Å². The maximum Gasteiger partial charge on any atom is 0.248 e. The summed E-state index contributed by atoms with van der Waals surface area (Å²) in [5.41, 5.74) is 5.49. The monoisotopic (exact) mass is 323 g/mol. The standard InChI is InChI=1S/C15H21N3O3S/c16-15(19)12-3-5-14(6-4-12)22(20,21)18-10-7-13(11-18)17-8-1-2-9-17/h3-6,13H,1-2,7-11H2,(H2,16,19). The van der Waals surface area contributed by atoms with Crippen LogP contribution in [0.2, 0.25) is 0 Å². The lowest BCUT2D eigenvalue weighted by Gasteiger charge is -2.23. The minimum atomic E-state index is -3.49. The second-order valence-electron chi connectivity index (χ2n) is 5.94. The maximum atomic E-state index is 12.7. The second kappa shape index (κ2) is 5.98. The molecule has 1 unspecified atom stereocenters. The van der Waals surface area contributed by atoms with E-state index in [1.807, 2.05) is 0 Å². The van der Waals surface area contributed by atoms with Crippen LogP contribution in [0.5, 0.6) is 0 Å². The first-order chi connectivity index (χ1) is 10.5. The number of carbonyl (C=O) groups excluding carboxylic acids is 1. The van der Waals surface area contributed by atoms with Crippen LogP contribution in [0.3, 0.4) is 0 Å². The van der Waals surface area contributed by atoms with Gasteiger partial charge in [0.1, 0.15) is 0 Å². The first kappa shape index (κ1) is 15.5. The Morgan fingerprint density at radius 1 is 1.09 bits per heavy atom. The molecule has 7 heteroatoms. The number of benzene rings is 1. The normalized spacial score (nSPS) is 23.9. The third kappa shape index (κ3) is 2.88. The van der Waals surface area contributed by atoms with Gasteiger partial charge in [-0.25, -0.2) is 8.42 Å². The number of carbonyl (C=O) groups is 1. The molecule has 3 rings (SSSR count). The molecular formula is C15H21N3O3S. The van der Waals surface area contributed by atoms with Gasteiger partial charge in [0.15, 0.2) is 0 Å². The summed E-state index contributed by atoms with van der Waals surface area (Å²) < 4.78 is 26.9. The topological polar surface area (TPSA) is 83.7 Å². The van der Waals surface area contributed by atoms with E-state index in [0.29, 0.717) is 24.7 Å². The molecule has 22 heavy (non-hydrogen) atoms. The van der Waals surface area contributed by atoms with Gasteiger partial charge in [-0.1, -0.05) is 0 Å². The van der Waals surface area contributed by atoms with Gasteiger partial charge >= 0.3 is 0 Å². The summed E-state index contributed by atoms with van der Waals surface area (Å²) >= 11 is 0. The average Bonchev–Trinajstić information content (AvgIpc) is 3.18. The van der Waals surface area contributed by atoms with Gasteiger partial charge < -0.3 is 5.73 Å². The number of primary amides is 1. The molecule has 0 aromatic heterocycles. The van der Waals surface area contributed by atoms with Crippen LogP contribution < -0.4 is 5.73 Å². The van der Waals surface area contributed by atoms with E-state index >= 15 is 0 Å². The molecule has 6 nitrogen and oxygen atoms in total. The van der Waals surface area contributed by atoms with E-state index < -0.39 is 15.9 Å². The molecule has 2 N–H and O–H groups in total. The van der Waals surface area contributed by atoms with E-state index in [9.17, 15) is 13.2 Å². The number of hydrogen-bond donors (Lipinski definition) is 1. The Balaban J connectivity index is 1.74. The lowest BCUT2D eigenvalue weighted by atomic mass is 10.2. The molecule has 0 radical (unpaired) electrons. The summed E-state index contributed by atoms with van der Waals surface area (Å²) in [4.78, 5) is 13.7. The highest BCUT2D eigenvalue weighted by atomic mass is 32.2. The van der Waals surface area contributed by atoms with Crippen molar-refractivity contribution in [1.82, 2.24) is 9.21 Å². The maximum absolute atomic E-state index is 12.7. The van der Waals surface area contributed by atoms with Crippen LogP contribution in [0.15, 0.2) is 29.2 Å². The highest BCUT2D eigenvalue weighted by molar-refractivity contribution is 7.89. The zero-order chi connectivity index (χ0) is 15.7. The van der Waals surface area contributed by atoms with Crippen molar-refractivity contribution in [3.8, 4) is 0 Å². The number of nitrogens with two attached hydrogens (primary N) is 1. The number of nitrogens with zero attached hydrogens (tertiary/aromatic N) is 2. The minimum Gasteiger partial charge on any atom is -0.366 e. The van der Waals surface area contributed by atoms with Crippen LogP contribution in [0.4, 0.5) is 0 Å². The number of amides is 1. The quantitative estimate of drug-likeness (QED) is 0.881. The molecule has 2 fully saturated rings. The molecule has 0 spiro atoms. The van der Waals surface area contributed by atoms with Crippen molar-refractivity contribution in [2.45, 2.75) is 30.2 Å². The highest BCUT2D eigenvalue weighted by Crippen LogP contribution is 2.25. The Hall–Kier alpha value is -1.44. The Labute approximate surface area is 130 Å². The summed E-state index contributed by atoms with van der Waals surface area (Å²) in [6.45, 7) is 3.26. The molecule has 0 aliphatic carbocycles. The van der Waals surface area contributed by atoms with Crippen molar-refractivity contribution < 1.29 is 13.2 Å². The van der Waals surface area contributed by atoms with Crippen LogP contribution in [-0.4, -0.2) is 55.8 Å². The summed E-state index contributed by atoms with van der Waals surface area (Å²) in [6, 6.07) is 6.17. The lowest BCUT2D eigenvalue weighted by molar-refractivity contribution is 0.1000. The van der Waals surface area contributed by atoms with E-state index in [4.69, 9.17) is 5.73 Å². The van der Waals surface area contributed by atoms with Gasteiger partial charge in [-0.3, -0.25) is 9.69 Å². The molecule has 2 saturated heterocycles. The zero-order valence-electron chi connectivity index (χ0n) is 12.4. The van der Waals surface area contributed by atoms with Gasteiger partial charge in [-0.05, 0) is 56.6 Å². The third-order valence-electron chi connectivity index (χ3n) is 4.56. The molecule has 1 aromatic rings. The number of rotatable bonds is 4. The van der Waals surface area contributed by atoms with Crippen molar-refractivity contribution in [1.29, 1.82) is 0 Å². The first-order valence-electron chi connectivity index (χ1n) is 7.62. The SMILES string of the molecule is NC(=O)c1ccc(S(=O)(=O)N2CCC(N3CCCC3)C2)cc1. The van der Waals surface area contributed by atoms with E-state index in [1.165, 1.54) is 37.1 Å².